The van der Waals surface area contributed by atoms with E-state index in [2.05, 4.69) is 9.71 Å². The molecule has 2 rings (SSSR count). The molecule has 11 heteroatoms. The summed E-state index contributed by atoms with van der Waals surface area (Å²) in [7, 11) is -3.39. The average molecular weight is 455 g/mol. The van der Waals surface area contributed by atoms with Gasteiger partial charge in [0.2, 0.25) is 21.8 Å². The highest BCUT2D eigenvalue weighted by atomic mass is 32.2. The van der Waals surface area contributed by atoms with Crippen LogP contribution in [-0.2, 0) is 26.2 Å². The summed E-state index contributed by atoms with van der Waals surface area (Å²) in [4.78, 5) is 29.9. The van der Waals surface area contributed by atoms with Gasteiger partial charge in [0.15, 0.2) is 5.13 Å². The van der Waals surface area contributed by atoms with Crippen molar-refractivity contribution in [1.82, 2.24) is 9.71 Å². The Kier molecular flexibility index (Phi) is 7.93. The van der Waals surface area contributed by atoms with E-state index in [1.165, 1.54) is 4.90 Å². The summed E-state index contributed by atoms with van der Waals surface area (Å²) in [5, 5.41) is 1.92. The van der Waals surface area contributed by atoms with E-state index in [9.17, 15) is 18.0 Å². The van der Waals surface area contributed by atoms with Gasteiger partial charge in [0.25, 0.3) is 0 Å². The molecule has 0 radical (unpaired) electrons. The fraction of sp³-hybridized carbons (Fsp3) is 0.421. The first-order valence-electron chi connectivity index (χ1n) is 9.20. The van der Waals surface area contributed by atoms with E-state index >= 15 is 0 Å². The molecule has 1 aromatic carbocycles. The number of benzene rings is 1. The van der Waals surface area contributed by atoms with Crippen LogP contribution < -0.4 is 20.1 Å². The van der Waals surface area contributed by atoms with E-state index in [0.717, 1.165) is 23.2 Å². The summed E-state index contributed by atoms with van der Waals surface area (Å²) in [6.45, 7) is 6.34. The van der Waals surface area contributed by atoms with Crippen molar-refractivity contribution in [2.45, 2.75) is 33.7 Å². The van der Waals surface area contributed by atoms with E-state index in [4.69, 9.17) is 10.5 Å². The molecule has 2 aromatic rings. The lowest BCUT2D eigenvalue weighted by Gasteiger charge is -2.23. The van der Waals surface area contributed by atoms with Crippen molar-refractivity contribution in [1.29, 1.82) is 0 Å². The minimum absolute atomic E-state index is 0.0161. The molecule has 0 saturated carbocycles. The largest absolute Gasteiger partial charge is 0.491 e. The van der Waals surface area contributed by atoms with Gasteiger partial charge in [0, 0.05) is 5.38 Å². The lowest BCUT2D eigenvalue weighted by atomic mass is 10.2. The maximum absolute atomic E-state index is 12.9. The predicted octanol–water partition coefficient (Wildman–Crippen LogP) is 2.08. The van der Waals surface area contributed by atoms with Crippen molar-refractivity contribution >= 4 is 44.0 Å². The molecule has 0 spiro atoms. The van der Waals surface area contributed by atoms with Crippen LogP contribution in [0.15, 0.2) is 23.6 Å². The second kappa shape index (κ2) is 10.0. The summed E-state index contributed by atoms with van der Waals surface area (Å²) in [5.74, 6) is -0.579. The summed E-state index contributed by atoms with van der Waals surface area (Å²) in [6, 6.07) is 5.35. The Balaban J connectivity index is 2.46. The Bertz CT molecular complexity index is 1020. The molecule has 164 valence electrons. The standard InChI is InChI=1S/C19H26N4O5S2/c1-12(2)10-28-16-7-13(3)5-6-15(16)23(18(25)8-17(20)24)19-22-14(11-29-19)9-21-30(4,26)27/h5-7,11-12,21H,8-10H2,1-4H3,(H2,20,24). The normalized spacial score (nSPS) is 11.5. The Morgan fingerprint density at radius 1 is 1.33 bits per heavy atom. The van der Waals surface area contributed by atoms with Crippen LogP contribution in [0.3, 0.4) is 0 Å². The topological polar surface area (TPSA) is 132 Å². The van der Waals surface area contributed by atoms with Crippen LogP contribution >= 0.6 is 11.3 Å². The molecule has 1 heterocycles. The van der Waals surface area contributed by atoms with Crippen molar-refractivity contribution in [3.8, 4) is 5.75 Å². The summed E-state index contributed by atoms with van der Waals surface area (Å²) in [5.41, 5.74) is 7.05. The van der Waals surface area contributed by atoms with Gasteiger partial charge in [-0.15, -0.1) is 11.3 Å². The highest BCUT2D eigenvalue weighted by Gasteiger charge is 2.26. The molecule has 0 fully saturated rings. The Hall–Kier alpha value is -2.50. The number of hydrogen-bond donors (Lipinski definition) is 2. The minimum Gasteiger partial charge on any atom is -0.491 e. The number of carbonyl (C=O) groups is 2. The van der Waals surface area contributed by atoms with Gasteiger partial charge in [-0.3, -0.25) is 14.5 Å². The number of carbonyl (C=O) groups excluding carboxylic acids is 2. The Morgan fingerprint density at radius 2 is 2.03 bits per heavy atom. The van der Waals surface area contributed by atoms with E-state index in [1.807, 2.05) is 32.9 Å². The van der Waals surface area contributed by atoms with Crippen LogP contribution in [0.4, 0.5) is 10.8 Å². The molecule has 0 unspecified atom stereocenters. The van der Waals surface area contributed by atoms with Gasteiger partial charge in [0.1, 0.15) is 12.2 Å². The maximum Gasteiger partial charge on any atom is 0.242 e. The Labute approximate surface area is 180 Å². The molecule has 9 nitrogen and oxygen atoms in total. The second-order valence-electron chi connectivity index (χ2n) is 7.26. The molecule has 0 aliphatic rings. The number of amides is 2. The second-order valence-corrected chi connectivity index (χ2v) is 9.93. The first-order chi connectivity index (χ1) is 14.0. The van der Waals surface area contributed by atoms with Crippen molar-refractivity contribution in [2.75, 3.05) is 17.8 Å². The molecule has 2 amide bonds. The molecular formula is C19H26N4O5S2. The predicted molar refractivity (Wildman–Crippen MR) is 116 cm³/mol. The van der Waals surface area contributed by atoms with E-state index in [1.54, 1.807) is 11.4 Å². The third-order valence-corrected chi connectivity index (χ3v) is 5.29. The Morgan fingerprint density at radius 3 is 2.63 bits per heavy atom. The number of anilines is 2. The first kappa shape index (κ1) is 23.8. The minimum atomic E-state index is -3.39. The maximum atomic E-state index is 12.9. The summed E-state index contributed by atoms with van der Waals surface area (Å²) < 4.78 is 30.9. The van der Waals surface area contributed by atoms with Crippen LogP contribution in [0.25, 0.3) is 0 Å². The van der Waals surface area contributed by atoms with Gasteiger partial charge in [-0.05, 0) is 30.5 Å². The van der Waals surface area contributed by atoms with Gasteiger partial charge in [-0.1, -0.05) is 19.9 Å². The number of primary amides is 1. The number of nitrogens with one attached hydrogen (secondary N) is 1. The number of ether oxygens (including phenoxy) is 1. The smallest absolute Gasteiger partial charge is 0.242 e. The van der Waals surface area contributed by atoms with Crippen LogP contribution in [-0.4, -0.2) is 38.1 Å². The number of aryl methyl sites for hydroxylation is 1. The third kappa shape index (κ3) is 7.08. The number of rotatable bonds is 10. The zero-order valence-corrected chi connectivity index (χ0v) is 19.0. The van der Waals surface area contributed by atoms with Gasteiger partial charge in [-0.2, -0.15) is 0 Å². The van der Waals surface area contributed by atoms with Gasteiger partial charge in [-0.25, -0.2) is 18.1 Å². The van der Waals surface area contributed by atoms with E-state index in [0.29, 0.717) is 23.7 Å². The summed E-state index contributed by atoms with van der Waals surface area (Å²) in [6.07, 6.45) is 0.543. The lowest BCUT2D eigenvalue weighted by Crippen LogP contribution is -2.31. The molecule has 0 atom stereocenters. The van der Waals surface area contributed by atoms with Crippen molar-refractivity contribution in [2.24, 2.45) is 11.7 Å². The molecular weight excluding hydrogens is 428 g/mol. The molecule has 30 heavy (non-hydrogen) atoms. The monoisotopic (exact) mass is 454 g/mol. The van der Waals surface area contributed by atoms with Crippen molar-refractivity contribution in [3.63, 3.8) is 0 Å². The zero-order valence-electron chi connectivity index (χ0n) is 17.3. The molecule has 0 aliphatic heterocycles. The first-order valence-corrected chi connectivity index (χ1v) is 12.0. The number of aromatic nitrogens is 1. The molecule has 1 aromatic heterocycles. The van der Waals surface area contributed by atoms with Crippen LogP contribution in [0, 0.1) is 12.8 Å². The average Bonchev–Trinajstić information content (AvgIpc) is 3.07. The number of thiazole rings is 1. The lowest BCUT2D eigenvalue weighted by molar-refractivity contribution is -0.125. The van der Waals surface area contributed by atoms with Crippen molar-refractivity contribution < 1.29 is 22.7 Å². The fourth-order valence-electron chi connectivity index (χ4n) is 2.44. The zero-order chi connectivity index (χ0) is 22.5. The van der Waals surface area contributed by atoms with Crippen LogP contribution in [0.2, 0.25) is 0 Å². The molecule has 0 saturated heterocycles. The quantitative estimate of drug-likeness (QED) is 0.528. The number of nitrogens with zero attached hydrogens (tertiary/aromatic N) is 2. The van der Waals surface area contributed by atoms with Gasteiger partial charge >= 0.3 is 0 Å². The van der Waals surface area contributed by atoms with E-state index < -0.39 is 28.3 Å². The number of sulfonamides is 1. The van der Waals surface area contributed by atoms with E-state index in [-0.39, 0.29) is 17.6 Å². The summed E-state index contributed by atoms with van der Waals surface area (Å²) >= 11 is 1.15. The highest BCUT2D eigenvalue weighted by Crippen LogP contribution is 2.37. The van der Waals surface area contributed by atoms with Gasteiger partial charge in [0.05, 0.1) is 30.8 Å². The van der Waals surface area contributed by atoms with Crippen LogP contribution in [0.5, 0.6) is 5.75 Å². The highest BCUT2D eigenvalue weighted by molar-refractivity contribution is 7.88. The van der Waals surface area contributed by atoms with Crippen molar-refractivity contribution in [3.05, 3.63) is 34.8 Å². The van der Waals surface area contributed by atoms with Gasteiger partial charge < -0.3 is 10.5 Å². The molecule has 3 N–H and O–H groups in total. The SMILES string of the molecule is Cc1ccc(N(C(=O)CC(N)=O)c2nc(CNS(C)(=O)=O)cs2)c(OCC(C)C)c1. The molecule has 0 bridgehead atoms. The number of nitrogens with two attached hydrogens (primary N) is 1. The number of hydrogen-bond acceptors (Lipinski definition) is 7. The van der Waals surface area contributed by atoms with Crippen LogP contribution in [0.1, 0.15) is 31.5 Å². The molecule has 0 aliphatic carbocycles. The third-order valence-electron chi connectivity index (χ3n) is 3.75. The fourth-order valence-corrected chi connectivity index (χ4v) is 3.70.